The van der Waals surface area contributed by atoms with E-state index in [-0.39, 0.29) is 11.9 Å². The number of halogens is 1. The fourth-order valence-electron chi connectivity index (χ4n) is 1.33. The van der Waals surface area contributed by atoms with Crippen LogP contribution in [0.15, 0.2) is 6.33 Å². The van der Waals surface area contributed by atoms with E-state index >= 15 is 0 Å². The van der Waals surface area contributed by atoms with Crippen LogP contribution in [0.1, 0.15) is 19.0 Å². The van der Waals surface area contributed by atoms with Crippen LogP contribution in [0.2, 0.25) is 0 Å². The maximum Gasteiger partial charge on any atom is 0.186 e. The molecule has 84 valence electrons. The molecule has 4 nitrogen and oxygen atoms in total. The van der Waals surface area contributed by atoms with Crippen LogP contribution in [0.25, 0.3) is 0 Å². The van der Waals surface area contributed by atoms with Crippen molar-refractivity contribution in [2.45, 2.75) is 26.3 Å². The summed E-state index contributed by atoms with van der Waals surface area (Å²) >= 11 is 0. The molecule has 0 saturated heterocycles. The van der Waals surface area contributed by atoms with Gasteiger partial charge in [0.05, 0.1) is 5.69 Å². The molecule has 1 aromatic heterocycles. The second kappa shape index (κ2) is 5.02. The Kier molecular flexibility index (Phi) is 3.96. The molecule has 0 aliphatic rings. The third-order valence-corrected chi connectivity index (χ3v) is 2.53. The van der Waals surface area contributed by atoms with Crippen LogP contribution in [0.3, 0.4) is 0 Å². The first-order chi connectivity index (χ1) is 7.07. The molecule has 0 spiro atoms. The van der Waals surface area contributed by atoms with E-state index in [1.807, 2.05) is 14.0 Å². The average Bonchev–Trinajstić information content (AvgIpc) is 2.21. The number of aromatic nitrogens is 2. The summed E-state index contributed by atoms with van der Waals surface area (Å²) in [7, 11) is 1.81. The maximum atomic E-state index is 13.7. The van der Waals surface area contributed by atoms with Crippen LogP contribution in [-0.4, -0.2) is 29.6 Å². The van der Waals surface area contributed by atoms with Crippen LogP contribution in [0.4, 0.5) is 10.2 Å². The molecule has 1 aromatic rings. The van der Waals surface area contributed by atoms with E-state index in [9.17, 15) is 4.39 Å². The van der Waals surface area contributed by atoms with Crippen LogP contribution >= 0.6 is 0 Å². The minimum absolute atomic E-state index is 0.166. The number of aryl methyl sites for hydroxylation is 1. The summed E-state index contributed by atoms with van der Waals surface area (Å²) in [6.45, 7) is 4.20. The summed E-state index contributed by atoms with van der Waals surface area (Å²) in [5, 5.41) is 0. The highest BCUT2D eigenvalue weighted by Crippen LogP contribution is 2.18. The van der Waals surface area contributed by atoms with Crippen LogP contribution in [0, 0.1) is 12.7 Å². The van der Waals surface area contributed by atoms with E-state index in [1.165, 1.54) is 6.33 Å². The largest absolute Gasteiger partial charge is 0.354 e. The molecule has 1 rings (SSSR count). The molecule has 15 heavy (non-hydrogen) atoms. The van der Waals surface area contributed by atoms with Gasteiger partial charge in [-0.3, -0.25) is 0 Å². The average molecular weight is 212 g/mol. The minimum atomic E-state index is -0.358. The number of anilines is 1. The van der Waals surface area contributed by atoms with Gasteiger partial charge in [-0.1, -0.05) is 0 Å². The Labute approximate surface area is 89.3 Å². The van der Waals surface area contributed by atoms with E-state index in [1.54, 1.807) is 11.8 Å². The first-order valence-corrected chi connectivity index (χ1v) is 4.98. The molecular weight excluding hydrogens is 195 g/mol. The molecule has 1 unspecified atom stereocenters. The van der Waals surface area contributed by atoms with Crippen molar-refractivity contribution in [3.05, 3.63) is 17.8 Å². The van der Waals surface area contributed by atoms with Gasteiger partial charge in [-0.15, -0.1) is 0 Å². The SMILES string of the molecule is Cc1ncnc(N(C)C(C)CCN)c1F. The molecule has 1 atom stereocenters. The Morgan fingerprint density at radius 1 is 1.53 bits per heavy atom. The minimum Gasteiger partial charge on any atom is -0.354 e. The Balaban J connectivity index is 2.90. The normalized spacial score (nSPS) is 12.6. The summed E-state index contributed by atoms with van der Waals surface area (Å²) in [6.07, 6.45) is 2.18. The summed E-state index contributed by atoms with van der Waals surface area (Å²) < 4.78 is 13.7. The lowest BCUT2D eigenvalue weighted by Crippen LogP contribution is -2.32. The Morgan fingerprint density at radius 2 is 2.20 bits per heavy atom. The topological polar surface area (TPSA) is 55.0 Å². The second-order valence-corrected chi connectivity index (χ2v) is 3.63. The van der Waals surface area contributed by atoms with Gasteiger partial charge in [0.25, 0.3) is 0 Å². The van der Waals surface area contributed by atoms with E-state index in [0.29, 0.717) is 18.1 Å². The van der Waals surface area contributed by atoms with Crippen molar-refractivity contribution < 1.29 is 4.39 Å². The second-order valence-electron chi connectivity index (χ2n) is 3.63. The Hall–Kier alpha value is -1.23. The molecule has 0 bridgehead atoms. The lowest BCUT2D eigenvalue weighted by atomic mass is 10.2. The zero-order chi connectivity index (χ0) is 11.4. The highest BCUT2D eigenvalue weighted by molar-refractivity contribution is 5.40. The lowest BCUT2D eigenvalue weighted by Gasteiger charge is -2.25. The van der Waals surface area contributed by atoms with E-state index in [4.69, 9.17) is 5.73 Å². The fraction of sp³-hybridized carbons (Fsp3) is 0.600. The number of hydrogen-bond donors (Lipinski definition) is 1. The standard InChI is InChI=1S/C10H17FN4/c1-7(4-5-12)15(3)10-9(11)8(2)13-6-14-10/h6-7H,4-5,12H2,1-3H3. The van der Waals surface area contributed by atoms with Gasteiger partial charge in [0.15, 0.2) is 11.6 Å². The van der Waals surface area contributed by atoms with E-state index < -0.39 is 0 Å². The molecule has 0 aromatic carbocycles. The van der Waals surface area contributed by atoms with Gasteiger partial charge in [0.1, 0.15) is 6.33 Å². The van der Waals surface area contributed by atoms with Crippen molar-refractivity contribution in [3.8, 4) is 0 Å². The van der Waals surface area contributed by atoms with Crippen LogP contribution in [-0.2, 0) is 0 Å². The van der Waals surface area contributed by atoms with Crippen molar-refractivity contribution in [2.75, 3.05) is 18.5 Å². The maximum absolute atomic E-state index is 13.7. The molecule has 0 fully saturated rings. The number of rotatable bonds is 4. The molecule has 5 heteroatoms. The van der Waals surface area contributed by atoms with Gasteiger partial charge in [0.2, 0.25) is 0 Å². The molecule has 0 radical (unpaired) electrons. The third-order valence-electron chi connectivity index (χ3n) is 2.53. The molecule has 0 amide bonds. The van der Waals surface area contributed by atoms with Gasteiger partial charge in [-0.25, -0.2) is 14.4 Å². The van der Waals surface area contributed by atoms with Gasteiger partial charge in [-0.05, 0) is 26.8 Å². The zero-order valence-corrected chi connectivity index (χ0v) is 9.37. The monoisotopic (exact) mass is 212 g/mol. The summed E-state index contributed by atoms with van der Waals surface area (Å²) in [5.41, 5.74) is 5.83. The number of nitrogens with two attached hydrogens (primary N) is 1. The number of nitrogens with zero attached hydrogens (tertiary/aromatic N) is 3. The van der Waals surface area contributed by atoms with Crippen molar-refractivity contribution in [1.29, 1.82) is 0 Å². The molecule has 2 N–H and O–H groups in total. The Morgan fingerprint density at radius 3 is 2.80 bits per heavy atom. The molecule has 0 saturated carbocycles. The fourth-order valence-corrected chi connectivity index (χ4v) is 1.33. The van der Waals surface area contributed by atoms with E-state index in [0.717, 1.165) is 6.42 Å². The molecule has 0 aliphatic heterocycles. The predicted octanol–water partition coefficient (Wildman–Crippen LogP) is 1.10. The Bertz CT molecular complexity index is 329. The lowest BCUT2D eigenvalue weighted by molar-refractivity contribution is 0.569. The van der Waals surface area contributed by atoms with Crippen molar-refractivity contribution in [2.24, 2.45) is 5.73 Å². The van der Waals surface area contributed by atoms with Gasteiger partial charge in [-0.2, -0.15) is 0 Å². The molecule has 0 aliphatic carbocycles. The van der Waals surface area contributed by atoms with Gasteiger partial charge in [0, 0.05) is 13.1 Å². The summed E-state index contributed by atoms with van der Waals surface area (Å²) in [4.78, 5) is 9.52. The quantitative estimate of drug-likeness (QED) is 0.812. The first-order valence-electron chi connectivity index (χ1n) is 4.98. The predicted molar refractivity (Wildman–Crippen MR) is 58.3 cm³/mol. The van der Waals surface area contributed by atoms with Crippen LogP contribution in [0.5, 0.6) is 0 Å². The zero-order valence-electron chi connectivity index (χ0n) is 9.37. The molecule has 1 heterocycles. The number of hydrogen-bond acceptors (Lipinski definition) is 4. The smallest absolute Gasteiger partial charge is 0.186 e. The summed E-state index contributed by atoms with van der Waals surface area (Å²) in [5.74, 6) is -0.0210. The third kappa shape index (κ3) is 2.62. The van der Waals surface area contributed by atoms with Crippen molar-refractivity contribution in [3.63, 3.8) is 0 Å². The first kappa shape index (κ1) is 11.8. The van der Waals surface area contributed by atoms with Crippen molar-refractivity contribution in [1.82, 2.24) is 9.97 Å². The highest BCUT2D eigenvalue weighted by atomic mass is 19.1. The molecular formula is C10H17FN4. The highest BCUT2D eigenvalue weighted by Gasteiger charge is 2.16. The van der Waals surface area contributed by atoms with Gasteiger partial charge < -0.3 is 10.6 Å². The van der Waals surface area contributed by atoms with Crippen LogP contribution < -0.4 is 10.6 Å². The van der Waals surface area contributed by atoms with Gasteiger partial charge >= 0.3 is 0 Å². The summed E-state index contributed by atoms with van der Waals surface area (Å²) in [6, 6.07) is 0.166. The van der Waals surface area contributed by atoms with Crippen molar-refractivity contribution >= 4 is 5.82 Å². The van der Waals surface area contributed by atoms with E-state index in [2.05, 4.69) is 9.97 Å².